The number of rotatable bonds is 4. The van der Waals surface area contributed by atoms with Crippen LogP contribution in [0.3, 0.4) is 0 Å². The molecule has 1 unspecified atom stereocenters. The van der Waals surface area contributed by atoms with E-state index in [1.807, 2.05) is 0 Å². The highest BCUT2D eigenvalue weighted by atomic mass is 32.2. The first-order chi connectivity index (χ1) is 12.5. The largest absolute Gasteiger partial charge is 0.419 e. The SMILES string of the molecule is O=S(=O)(c1ccc(F)cc1)N1CCC(c2nnc(-c3cnccn3)o2)C1. The Morgan fingerprint density at radius 3 is 2.69 bits per heavy atom. The summed E-state index contributed by atoms with van der Waals surface area (Å²) in [6, 6.07) is 4.78. The molecule has 2 aromatic heterocycles. The zero-order valence-corrected chi connectivity index (χ0v) is 14.3. The summed E-state index contributed by atoms with van der Waals surface area (Å²) in [6.45, 7) is 0.551. The first-order valence-electron chi connectivity index (χ1n) is 7.89. The smallest absolute Gasteiger partial charge is 0.267 e. The van der Waals surface area contributed by atoms with E-state index in [0.717, 1.165) is 12.1 Å². The van der Waals surface area contributed by atoms with E-state index in [9.17, 15) is 12.8 Å². The van der Waals surface area contributed by atoms with Gasteiger partial charge in [-0.3, -0.25) is 4.98 Å². The molecule has 1 fully saturated rings. The van der Waals surface area contributed by atoms with Crippen LogP contribution in [0.4, 0.5) is 4.39 Å². The summed E-state index contributed by atoms with van der Waals surface area (Å²) in [5.41, 5.74) is 0.458. The van der Waals surface area contributed by atoms with Crippen molar-refractivity contribution in [3.63, 3.8) is 0 Å². The summed E-state index contributed by atoms with van der Waals surface area (Å²) in [7, 11) is -3.69. The van der Waals surface area contributed by atoms with E-state index in [0.29, 0.717) is 24.6 Å². The van der Waals surface area contributed by atoms with Crippen molar-refractivity contribution >= 4 is 10.0 Å². The molecule has 1 aromatic carbocycles. The number of benzene rings is 1. The number of hydrogen-bond acceptors (Lipinski definition) is 7. The van der Waals surface area contributed by atoms with Crippen molar-refractivity contribution in [3.8, 4) is 11.6 Å². The van der Waals surface area contributed by atoms with Gasteiger partial charge in [0.15, 0.2) is 0 Å². The lowest BCUT2D eigenvalue weighted by molar-refractivity contribution is 0.439. The molecular weight excluding hydrogens is 361 g/mol. The summed E-state index contributed by atoms with van der Waals surface area (Å²) in [6.07, 6.45) is 5.13. The van der Waals surface area contributed by atoms with Crippen LogP contribution in [0.5, 0.6) is 0 Å². The van der Waals surface area contributed by atoms with Crippen LogP contribution in [0.25, 0.3) is 11.6 Å². The summed E-state index contributed by atoms with van der Waals surface area (Å²) in [5, 5.41) is 7.98. The lowest BCUT2D eigenvalue weighted by atomic mass is 10.1. The van der Waals surface area contributed by atoms with E-state index < -0.39 is 15.8 Å². The first kappa shape index (κ1) is 16.7. The Labute approximate surface area is 148 Å². The van der Waals surface area contributed by atoms with Gasteiger partial charge in [0.2, 0.25) is 15.9 Å². The highest BCUT2D eigenvalue weighted by Crippen LogP contribution is 2.31. The minimum atomic E-state index is -3.69. The molecule has 3 heterocycles. The maximum Gasteiger partial charge on any atom is 0.267 e. The average Bonchev–Trinajstić information content (AvgIpc) is 3.33. The van der Waals surface area contributed by atoms with E-state index >= 15 is 0 Å². The second-order valence-corrected chi connectivity index (χ2v) is 7.78. The molecule has 0 aliphatic carbocycles. The van der Waals surface area contributed by atoms with Crippen LogP contribution in [0.2, 0.25) is 0 Å². The summed E-state index contributed by atoms with van der Waals surface area (Å²) >= 11 is 0. The average molecular weight is 375 g/mol. The molecule has 0 N–H and O–H groups in total. The molecule has 1 saturated heterocycles. The fourth-order valence-electron chi connectivity index (χ4n) is 2.82. The molecular formula is C16H14FN5O3S. The highest BCUT2D eigenvalue weighted by molar-refractivity contribution is 7.89. The molecule has 26 heavy (non-hydrogen) atoms. The van der Waals surface area contributed by atoms with Crippen LogP contribution >= 0.6 is 0 Å². The van der Waals surface area contributed by atoms with Gasteiger partial charge in [-0.05, 0) is 30.7 Å². The van der Waals surface area contributed by atoms with Gasteiger partial charge in [-0.2, -0.15) is 4.31 Å². The molecule has 0 amide bonds. The van der Waals surface area contributed by atoms with Crippen molar-refractivity contribution in [2.45, 2.75) is 17.2 Å². The third kappa shape index (κ3) is 3.08. The number of halogens is 1. The number of hydrogen-bond donors (Lipinski definition) is 0. The van der Waals surface area contributed by atoms with E-state index in [1.54, 1.807) is 0 Å². The monoisotopic (exact) mass is 375 g/mol. The van der Waals surface area contributed by atoms with Crippen molar-refractivity contribution in [1.29, 1.82) is 0 Å². The van der Waals surface area contributed by atoms with Gasteiger partial charge in [0.1, 0.15) is 11.5 Å². The quantitative estimate of drug-likeness (QED) is 0.685. The van der Waals surface area contributed by atoms with Crippen LogP contribution in [-0.2, 0) is 10.0 Å². The van der Waals surface area contributed by atoms with Gasteiger partial charge in [0.05, 0.1) is 17.0 Å². The Kier molecular flexibility index (Phi) is 4.21. The minimum absolute atomic E-state index is 0.0605. The lowest BCUT2D eigenvalue weighted by Gasteiger charge is -2.15. The molecule has 0 bridgehead atoms. The fraction of sp³-hybridized carbons (Fsp3) is 0.250. The van der Waals surface area contributed by atoms with E-state index in [-0.39, 0.29) is 23.2 Å². The van der Waals surface area contributed by atoms with Crippen LogP contribution < -0.4 is 0 Å². The standard InChI is InChI=1S/C16H14FN5O3S/c17-12-1-3-13(4-2-12)26(23,24)22-8-5-11(10-22)15-20-21-16(25-15)14-9-18-6-7-19-14/h1-4,6-7,9,11H,5,8,10H2. The third-order valence-corrected chi connectivity index (χ3v) is 6.05. The van der Waals surface area contributed by atoms with Gasteiger partial charge >= 0.3 is 0 Å². The Balaban J connectivity index is 1.52. The molecule has 1 aliphatic heterocycles. The summed E-state index contributed by atoms with van der Waals surface area (Å²) in [4.78, 5) is 8.10. The molecule has 0 saturated carbocycles. The Bertz CT molecular complexity index is 1010. The second kappa shape index (κ2) is 6.54. The maximum atomic E-state index is 13.0. The van der Waals surface area contributed by atoms with Gasteiger partial charge in [0, 0.05) is 25.5 Å². The summed E-state index contributed by atoms with van der Waals surface area (Å²) < 4.78 is 45.4. The van der Waals surface area contributed by atoms with Gasteiger partial charge in [-0.15, -0.1) is 10.2 Å². The molecule has 8 nitrogen and oxygen atoms in total. The van der Waals surface area contributed by atoms with E-state index in [1.165, 1.54) is 35.0 Å². The number of nitrogens with zero attached hydrogens (tertiary/aromatic N) is 5. The normalized spacial score (nSPS) is 18.3. The predicted octanol–water partition coefficient (Wildman–Crippen LogP) is 1.84. The molecule has 1 atom stereocenters. The predicted molar refractivity (Wildman–Crippen MR) is 87.8 cm³/mol. The Morgan fingerprint density at radius 1 is 1.15 bits per heavy atom. The van der Waals surface area contributed by atoms with Crippen LogP contribution in [0, 0.1) is 5.82 Å². The second-order valence-electron chi connectivity index (χ2n) is 5.84. The van der Waals surface area contributed by atoms with Crippen LogP contribution in [0.15, 0.2) is 52.2 Å². The molecule has 3 aromatic rings. The summed E-state index contributed by atoms with van der Waals surface area (Å²) in [5.74, 6) is -0.0794. The van der Waals surface area contributed by atoms with Gasteiger partial charge < -0.3 is 4.42 Å². The van der Waals surface area contributed by atoms with Crippen molar-refractivity contribution in [3.05, 3.63) is 54.6 Å². The van der Waals surface area contributed by atoms with Gasteiger partial charge in [0.25, 0.3) is 5.89 Å². The molecule has 1 aliphatic rings. The molecule has 4 rings (SSSR count). The molecule has 134 valence electrons. The van der Waals surface area contributed by atoms with Gasteiger partial charge in [-0.1, -0.05) is 0 Å². The number of aromatic nitrogens is 4. The highest BCUT2D eigenvalue weighted by Gasteiger charge is 2.35. The van der Waals surface area contributed by atoms with Crippen molar-refractivity contribution in [2.24, 2.45) is 0 Å². The van der Waals surface area contributed by atoms with Crippen LogP contribution in [-0.4, -0.2) is 46.0 Å². The van der Waals surface area contributed by atoms with Gasteiger partial charge in [-0.25, -0.2) is 17.8 Å². The molecule has 0 radical (unpaired) electrons. The third-order valence-electron chi connectivity index (χ3n) is 4.17. The van der Waals surface area contributed by atoms with Crippen molar-refractivity contribution in [1.82, 2.24) is 24.5 Å². The molecule has 10 heteroatoms. The van der Waals surface area contributed by atoms with E-state index in [2.05, 4.69) is 20.2 Å². The molecule has 0 spiro atoms. The van der Waals surface area contributed by atoms with Crippen LogP contribution in [0.1, 0.15) is 18.2 Å². The topological polar surface area (TPSA) is 102 Å². The lowest BCUT2D eigenvalue weighted by Crippen LogP contribution is -2.28. The van der Waals surface area contributed by atoms with E-state index in [4.69, 9.17) is 4.42 Å². The Morgan fingerprint density at radius 2 is 1.96 bits per heavy atom. The zero-order chi connectivity index (χ0) is 18.1. The minimum Gasteiger partial charge on any atom is -0.419 e. The fourth-order valence-corrected chi connectivity index (χ4v) is 4.32. The Hall–Kier alpha value is -2.72. The number of sulfonamides is 1. The van der Waals surface area contributed by atoms with Crippen molar-refractivity contribution in [2.75, 3.05) is 13.1 Å². The van der Waals surface area contributed by atoms with Crippen molar-refractivity contribution < 1.29 is 17.2 Å². The maximum absolute atomic E-state index is 13.0. The first-order valence-corrected chi connectivity index (χ1v) is 9.33. The zero-order valence-electron chi connectivity index (χ0n) is 13.5.